The van der Waals surface area contributed by atoms with Gasteiger partial charge in [-0.3, -0.25) is 4.79 Å². The second kappa shape index (κ2) is 2.80. The molecule has 0 aliphatic carbocycles. The van der Waals surface area contributed by atoms with Gasteiger partial charge >= 0.3 is 0 Å². The molecular weight excluding hydrogens is 192 g/mol. The summed E-state index contributed by atoms with van der Waals surface area (Å²) < 4.78 is 25.9. The standard InChI is InChI=1S/C9H5F2NO2/c10-4-1-2-6-5(3-4)7(11)8(13)9(14)12-6/h1-3,13H,(H,12,14). The SMILES string of the molecule is O=c1[nH]c2ccc(F)cc2c(F)c1O. The Balaban J connectivity index is 2.99. The molecule has 0 fully saturated rings. The number of H-pyrrole nitrogens is 1. The lowest BCUT2D eigenvalue weighted by Crippen LogP contribution is -2.07. The number of rotatable bonds is 0. The fraction of sp³-hybridized carbons (Fsp3) is 0. The lowest BCUT2D eigenvalue weighted by Gasteiger charge is -2.00. The van der Waals surface area contributed by atoms with E-state index in [-0.39, 0.29) is 10.9 Å². The number of nitrogens with one attached hydrogen (secondary N) is 1. The van der Waals surface area contributed by atoms with E-state index in [0.717, 1.165) is 12.1 Å². The summed E-state index contributed by atoms with van der Waals surface area (Å²) in [7, 11) is 0. The molecule has 0 atom stereocenters. The molecule has 0 unspecified atom stereocenters. The minimum atomic E-state index is -1.11. The lowest BCUT2D eigenvalue weighted by atomic mass is 10.2. The van der Waals surface area contributed by atoms with Crippen molar-refractivity contribution in [3.8, 4) is 5.75 Å². The van der Waals surface area contributed by atoms with Gasteiger partial charge in [-0.15, -0.1) is 0 Å². The highest BCUT2D eigenvalue weighted by atomic mass is 19.1. The number of hydrogen-bond acceptors (Lipinski definition) is 2. The predicted molar refractivity (Wildman–Crippen MR) is 46.1 cm³/mol. The number of hydrogen-bond donors (Lipinski definition) is 2. The van der Waals surface area contributed by atoms with Crippen LogP contribution in [0.5, 0.6) is 5.75 Å². The average molecular weight is 197 g/mol. The molecule has 14 heavy (non-hydrogen) atoms. The Morgan fingerprint density at radius 2 is 2.00 bits per heavy atom. The average Bonchev–Trinajstić information content (AvgIpc) is 2.16. The molecule has 0 amide bonds. The van der Waals surface area contributed by atoms with Gasteiger partial charge in [-0.2, -0.15) is 0 Å². The quantitative estimate of drug-likeness (QED) is 0.672. The van der Waals surface area contributed by atoms with Gasteiger partial charge in [0.25, 0.3) is 5.56 Å². The second-order valence-corrected chi connectivity index (χ2v) is 2.81. The van der Waals surface area contributed by atoms with Crippen molar-refractivity contribution in [3.63, 3.8) is 0 Å². The highest BCUT2D eigenvalue weighted by molar-refractivity contribution is 5.80. The molecular formula is C9H5F2NO2. The summed E-state index contributed by atoms with van der Waals surface area (Å²) in [5, 5.41) is 8.80. The third kappa shape index (κ3) is 1.14. The van der Waals surface area contributed by atoms with Crippen molar-refractivity contribution < 1.29 is 13.9 Å². The maximum Gasteiger partial charge on any atom is 0.293 e. The first-order valence-electron chi connectivity index (χ1n) is 3.79. The van der Waals surface area contributed by atoms with Crippen LogP contribution >= 0.6 is 0 Å². The van der Waals surface area contributed by atoms with Crippen LogP contribution in [0.2, 0.25) is 0 Å². The van der Waals surface area contributed by atoms with Crippen LogP contribution in [-0.4, -0.2) is 10.1 Å². The van der Waals surface area contributed by atoms with Gasteiger partial charge < -0.3 is 10.1 Å². The number of aromatic amines is 1. The van der Waals surface area contributed by atoms with Gasteiger partial charge in [-0.05, 0) is 18.2 Å². The molecule has 72 valence electrons. The Bertz CT molecular complexity index is 562. The van der Waals surface area contributed by atoms with Crippen LogP contribution in [0.1, 0.15) is 0 Å². The van der Waals surface area contributed by atoms with Crippen molar-refractivity contribution in [2.24, 2.45) is 0 Å². The molecule has 5 heteroatoms. The molecule has 0 spiro atoms. The Hall–Kier alpha value is -1.91. The molecule has 2 N–H and O–H groups in total. The molecule has 0 aliphatic rings. The van der Waals surface area contributed by atoms with Crippen LogP contribution in [0.4, 0.5) is 8.78 Å². The number of pyridine rings is 1. The van der Waals surface area contributed by atoms with Gasteiger partial charge in [-0.25, -0.2) is 8.78 Å². The van der Waals surface area contributed by atoms with Crippen LogP contribution in [0.15, 0.2) is 23.0 Å². The van der Waals surface area contributed by atoms with Gasteiger partial charge in [0.15, 0.2) is 5.82 Å². The van der Waals surface area contributed by atoms with Gasteiger partial charge in [-0.1, -0.05) is 0 Å². The predicted octanol–water partition coefficient (Wildman–Crippen LogP) is 1.51. The maximum atomic E-state index is 13.2. The van der Waals surface area contributed by atoms with E-state index in [9.17, 15) is 13.6 Å². The molecule has 0 saturated carbocycles. The van der Waals surface area contributed by atoms with Crippen LogP contribution in [0.25, 0.3) is 10.9 Å². The number of halogens is 2. The van der Waals surface area contributed by atoms with Crippen LogP contribution < -0.4 is 5.56 Å². The first-order chi connectivity index (χ1) is 6.59. The van der Waals surface area contributed by atoms with E-state index >= 15 is 0 Å². The number of aromatic hydroxyl groups is 1. The lowest BCUT2D eigenvalue weighted by molar-refractivity contribution is 0.428. The van der Waals surface area contributed by atoms with Crippen LogP contribution in [0, 0.1) is 11.6 Å². The molecule has 1 aromatic carbocycles. The maximum absolute atomic E-state index is 13.2. The molecule has 2 rings (SSSR count). The Morgan fingerprint density at radius 1 is 1.29 bits per heavy atom. The van der Waals surface area contributed by atoms with Crippen LogP contribution in [-0.2, 0) is 0 Å². The van der Waals surface area contributed by atoms with E-state index in [1.807, 2.05) is 0 Å². The monoisotopic (exact) mass is 197 g/mol. The molecule has 3 nitrogen and oxygen atoms in total. The van der Waals surface area contributed by atoms with Crippen molar-refractivity contribution in [2.45, 2.75) is 0 Å². The Labute approximate surface area is 76.6 Å². The molecule has 1 aromatic heterocycles. The highest BCUT2D eigenvalue weighted by Gasteiger charge is 2.11. The fourth-order valence-electron chi connectivity index (χ4n) is 1.22. The summed E-state index contributed by atoms with van der Waals surface area (Å²) in [5.41, 5.74) is -0.784. The van der Waals surface area contributed by atoms with Gasteiger partial charge in [0.2, 0.25) is 5.75 Å². The molecule has 0 aliphatic heterocycles. The topological polar surface area (TPSA) is 53.1 Å². The van der Waals surface area contributed by atoms with Gasteiger partial charge in [0.1, 0.15) is 5.82 Å². The van der Waals surface area contributed by atoms with Crippen molar-refractivity contribution >= 4 is 10.9 Å². The van der Waals surface area contributed by atoms with E-state index in [2.05, 4.69) is 4.98 Å². The minimum absolute atomic E-state index is 0.145. The minimum Gasteiger partial charge on any atom is -0.501 e. The number of fused-ring (bicyclic) bond motifs is 1. The molecule has 0 saturated heterocycles. The zero-order valence-electron chi connectivity index (χ0n) is 6.84. The summed E-state index contributed by atoms with van der Waals surface area (Å²) in [6.07, 6.45) is 0. The van der Waals surface area contributed by atoms with E-state index in [1.54, 1.807) is 0 Å². The van der Waals surface area contributed by atoms with E-state index in [0.29, 0.717) is 0 Å². The largest absolute Gasteiger partial charge is 0.501 e. The highest BCUT2D eigenvalue weighted by Crippen LogP contribution is 2.20. The van der Waals surface area contributed by atoms with Crippen molar-refractivity contribution in [1.29, 1.82) is 0 Å². The molecule has 0 radical (unpaired) electrons. The summed E-state index contributed by atoms with van der Waals surface area (Å²) in [5.74, 6) is -2.77. The van der Waals surface area contributed by atoms with Gasteiger partial charge in [0.05, 0.1) is 5.52 Å². The Morgan fingerprint density at radius 3 is 2.71 bits per heavy atom. The first kappa shape index (κ1) is 8.68. The second-order valence-electron chi connectivity index (χ2n) is 2.81. The molecule has 2 aromatic rings. The molecule has 0 bridgehead atoms. The van der Waals surface area contributed by atoms with Crippen LogP contribution in [0.3, 0.4) is 0 Å². The number of benzene rings is 1. The fourth-order valence-corrected chi connectivity index (χ4v) is 1.22. The van der Waals surface area contributed by atoms with Crippen molar-refractivity contribution in [3.05, 3.63) is 40.2 Å². The van der Waals surface area contributed by atoms with E-state index < -0.39 is 22.9 Å². The van der Waals surface area contributed by atoms with Crippen molar-refractivity contribution in [2.75, 3.05) is 0 Å². The third-order valence-electron chi connectivity index (χ3n) is 1.89. The summed E-state index contributed by atoms with van der Waals surface area (Å²) >= 11 is 0. The summed E-state index contributed by atoms with van der Waals surface area (Å²) in [4.78, 5) is 13.1. The first-order valence-corrected chi connectivity index (χ1v) is 3.79. The Kier molecular flexibility index (Phi) is 1.73. The molecule has 1 heterocycles. The van der Waals surface area contributed by atoms with Crippen molar-refractivity contribution in [1.82, 2.24) is 4.98 Å². The number of aromatic nitrogens is 1. The van der Waals surface area contributed by atoms with E-state index in [1.165, 1.54) is 6.07 Å². The summed E-state index contributed by atoms with van der Waals surface area (Å²) in [6.45, 7) is 0. The third-order valence-corrected chi connectivity index (χ3v) is 1.89. The van der Waals surface area contributed by atoms with Gasteiger partial charge in [0, 0.05) is 5.39 Å². The van der Waals surface area contributed by atoms with E-state index in [4.69, 9.17) is 5.11 Å². The zero-order valence-corrected chi connectivity index (χ0v) is 6.84. The summed E-state index contributed by atoms with van der Waals surface area (Å²) in [6, 6.07) is 3.23. The zero-order chi connectivity index (χ0) is 10.3. The normalized spacial score (nSPS) is 10.7. The smallest absolute Gasteiger partial charge is 0.293 e.